The van der Waals surface area contributed by atoms with Crippen LogP contribution in [0, 0.1) is 6.92 Å². The number of carbonyl (C=O) groups is 2. The molecule has 0 saturated carbocycles. The molecule has 0 aromatic heterocycles. The van der Waals surface area contributed by atoms with Gasteiger partial charge in [-0.15, -0.1) is 0 Å². The molecule has 140 valence electrons. The van der Waals surface area contributed by atoms with E-state index in [4.69, 9.17) is 9.47 Å². The number of hydrogen-bond donors (Lipinski definition) is 1. The molecular weight excluding hydrogens is 354 g/mol. The zero-order chi connectivity index (χ0) is 19.7. The van der Waals surface area contributed by atoms with E-state index in [1.807, 2.05) is 48.5 Å². The van der Waals surface area contributed by atoms with E-state index >= 15 is 0 Å². The van der Waals surface area contributed by atoms with Crippen molar-refractivity contribution < 1.29 is 19.1 Å². The Kier molecular flexibility index (Phi) is 4.57. The van der Waals surface area contributed by atoms with Gasteiger partial charge in [-0.25, -0.2) is 4.79 Å². The van der Waals surface area contributed by atoms with E-state index in [-0.39, 0.29) is 5.91 Å². The smallest absolute Gasteiger partial charge is 0.338 e. The number of amides is 1. The summed E-state index contributed by atoms with van der Waals surface area (Å²) in [5, 5.41) is 2.98. The van der Waals surface area contributed by atoms with Gasteiger partial charge >= 0.3 is 5.97 Å². The SMILES string of the molecule is COC(=O)c1cccc(NC(=O)C2c3ccccc3Oc3ccccc32)c1C. The highest BCUT2D eigenvalue weighted by Crippen LogP contribution is 2.44. The summed E-state index contributed by atoms with van der Waals surface area (Å²) in [4.78, 5) is 25.3. The molecular formula is C23H19NO4. The van der Waals surface area contributed by atoms with Crippen LogP contribution < -0.4 is 10.1 Å². The zero-order valence-corrected chi connectivity index (χ0v) is 15.6. The van der Waals surface area contributed by atoms with Gasteiger partial charge < -0.3 is 14.8 Å². The number of ether oxygens (including phenoxy) is 2. The number of para-hydroxylation sites is 2. The van der Waals surface area contributed by atoms with E-state index in [2.05, 4.69) is 5.32 Å². The molecule has 0 saturated heterocycles. The second kappa shape index (κ2) is 7.19. The average Bonchev–Trinajstić information content (AvgIpc) is 2.72. The Labute approximate surface area is 162 Å². The second-order valence-electron chi connectivity index (χ2n) is 6.57. The van der Waals surface area contributed by atoms with Gasteiger partial charge in [-0.2, -0.15) is 0 Å². The molecule has 0 unspecified atom stereocenters. The molecule has 5 heteroatoms. The van der Waals surface area contributed by atoms with Gasteiger partial charge in [0.2, 0.25) is 5.91 Å². The van der Waals surface area contributed by atoms with Crippen molar-refractivity contribution in [3.63, 3.8) is 0 Å². The van der Waals surface area contributed by atoms with Crippen LogP contribution in [0.15, 0.2) is 66.7 Å². The quantitative estimate of drug-likeness (QED) is 0.678. The molecule has 1 aliphatic heterocycles. The molecule has 0 fully saturated rings. The van der Waals surface area contributed by atoms with Gasteiger partial charge in [-0.3, -0.25) is 4.79 Å². The summed E-state index contributed by atoms with van der Waals surface area (Å²) in [6, 6.07) is 20.2. The number of nitrogens with one attached hydrogen (secondary N) is 1. The van der Waals surface area contributed by atoms with Crippen molar-refractivity contribution >= 4 is 17.6 Å². The summed E-state index contributed by atoms with van der Waals surface area (Å²) in [6.07, 6.45) is 0. The lowest BCUT2D eigenvalue weighted by Gasteiger charge is -2.27. The van der Waals surface area contributed by atoms with Crippen LogP contribution in [0.2, 0.25) is 0 Å². The Balaban J connectivity index is 1.73. The van der Waals surface area contributed by atoms with Crippen LogP contribution in [0.5, 0.6) is 11.5 Å². The first-order chi connectivity index (χ1) is 13.6. The molecule has 3 aromatic rings. The molecule has 28 heavy (non-hydrogen) atoms. The zero-order valence-electron chi connectivity index (χ0n) is 15.6. The Hall–Kier alpha value is -3.60. The first kappa shape index (κ1) is 17.8. The van der Waals surface area contributed by atoms with E-state index in [0.29, 0.717) is 28.3 Å². The number of methoxy groups -OCH3 is 1. The largest absolute Gasteiger partial charge is 0.465 e. The maximum Gasteiger partial charge on any atom is 0.338 e. The normalized spacial score (nSPS) is 12.4. The van der Waals surface area contributed by atoms with Gasteiger partial charge in [0.05, 0.1) is 18.6 Å². The van der Waals surface area contributed by atoms with Crippen molar-refractivity contribution in [2.45, 2.75) is 12.8 Å². The first-order valence-corrected chi connectivity index (χ1v) is 8.94. The monoisotopic (exact) mass is 373 g/mol. The highest BCUT2D eigenvalue weighted by molar-refractivity contribution is 6.01. The maximum absolute atomic E-state index is 13.3. The molecule has 1 heterocycles. The highest BCUT2D eigenvalue weighted by Gasteiger charge is 2.32. The number of anilines is 1. The number of carbonyl (C=O) groups excluding carboxylic acids is 2. The fraction of sp³-hybridized carbons (Fsp3) is 0.130. The summed E-state index contributed by atoms with van der Waals surface area (Å²) in [5.74, 6) is 0.203. The van der Waals surface area contributed by atoms with Crippen LogP contribution >= 0.6 is 0 Å². The molecule has 5 nitrogen and oxygen atoms in total. The van der Waals surface area contributed by atoms with Crippen LogP contribution in [-0.4, -0.2) is 19.0 Å². The average molecular weight is 373 g/mol. The number of rotatable bonds is 3. The molecule has 1 amide bonds. The van der Waals surface area contributed by atoms with Gasteiger partial charge in [0.15, 0.2) is 0 Å². The van der Waals surface area contributed by atoms with E-state index in [9.17, 15) is 9.59 Å². The molecule has 0 atom stereocenters. The fourth-order valence-electron chi connectivity index (χ4n) is 3.50. The number of fused-ring (bicyclic) bond motifs is 2. The van der Waals surface area contributed by atoms with E-state index < -0.39 is 11.9 Å². The number of benzene rings is 3. The number of hydrogen-bond acceptors (Lipinski definition) is 4. The molecule has 0 bridgehead atoms. The molecule has 0 radical (unpaired) electrons. The van der Waals surface area contributed by atoms with E-state index in [0.717, 1.165) is 11.1 Å². The minimum Gasteiger partial charge on any atom is -0.465 e. The lowest BCUT2D eigenvalue weighted by molar-refractivity contribution is -0.116. The summed E-state index contributed by atoms with van der Waals surface area (Å²) in [7, 11) is 1.34. The summed E-state index contributed by atoms with van der Waals surface area (Å²) in [5.41, 5.74) is 3.28. The van der Waals surface area contributed by atoms with E-state index in [1.165, 1.54) is 7.11 Å². The van der Waals surface area contributed by atoms with Gasteiger partial charge in [-0.05, 0) is 36.8 Å². The molecule has 3 aromatic carbocycles. The van der Waals surface area contributed by atoms with E-state index in [1.54, 1.807) is 25.1 Å². The highest BCUT2D eigenvalue weighted by atomic mass is 16.5. The van der Waals surface area contributed by atoms with Crippen molar-refractivity contribution in [2.75, 3.05) is 12.4 Å². The summed E-state index contributed by atoms with van der Waals surface area (Å²) >= 11 is 0. The third kappa shape index (κ3) is 3.01. The predicted octanol–water partition coefficient (Wildman–Crippen LogP) is 4.66. The minimum atomic E-state index is -0.512. The Morgan fingerprint density at radius 2 is 1.50 bits per heavy atom. The predicted molar refractivity (Wildman–Crippen MR) is 106 cm³/mol. The molecule has 0 aliphatic carbocycles. The first-order valence-electron chi connectivity index (χ1n) is 8.94. The standard InChI is InChI=1S/C23H19NO4/c1-14-15(23(26)27-2)10-7-11-18(14)24-22(25)21-16-8-3-5-12-19(16)28-20-13-6-4-9-17(20)21/h3-13,21H,1-2H3,(H,24,25). The van der Waals surface area contributed by atoms with Gasteiger partial charge in [0.1, 0.15) is 11.5 Å². The topological polar surface area (TPSA) is 64.6 Å². The minimum absolute atomic E-state index is 0.187. The second-order valence-corrected chi connectivity index (χ2v) is 6.57. The Morgan fingerprint density at radius 1 is 0.893 bits per heavy atom. The summed E-state index contributed by atoms with van der Waals surface area (Å²) in [6.45, 7) is 1.79. The molecule has 1 aliphatic rings. The van der Waals surface area contributed by atoms with Gasteiger partial charge in [0.25, 0.3) is 0 Å². The molecule has 4 rings (SSSR count). The van der Waals surface area contributed by atoms with Crippen molar-refractivity contribution in [3.8, 4) is 11.5 Å². The van der Waals surface area contributed by atoms with Gasteiger partial charge in [-0.1, -0.05) is 42.5 Å². The lowest BCUT2D eigenvalue weighted by Crippen LogP contribution is -2.25. The third-order valence-corrected chi connectivity index (χ3v) is 4.94. The molecule has 0 spiro atoms. The maximum atomic E-state index is 13.3. The Morgan fingerprint density at radius 3 is 2.11 bits per heavy atom. The van der Waals surface area contributed by atoms with Crippen LogP contribution in [0.25, 0.3) is 0 Å². The van der Waals surface area contributed by atoms with Crippen LogP contribution in [0.1, 0.15) is 33.0 Å². The molecule has 1 N–H and O–H groups in total. The van der Waals surface area contributed by atoms with Crippen LogP contribution in [0.3, 0.4) is 0 Å². The van der Waals surface area contributed by atoms with Crippen LogP contribution in [0.4, 0.5) is 5.69 Å². The summed E-state index contributed by atoms with van der Waals surface area (Å²) < 4.78 is 10.8. The van der Waals surface area contributed by atoms with Crippen LogP contribution in [-0.2, 0) is 9.53 Å². The van der Waals surface area contributed by atoms with Crippen molar-refractivity contribution in [2.24, 2.45) is 0 Å². The van der Waals surface area contributed by atoms with Crippen molar-refractivity contribution in [1.82, 2.24) is 0 Å². The number of esters is 1. The van der Waals surface area contributed by atoms with Crippen molar-refractivity contribution in [1.29, 1.82) is 0 Å². The van der Waals surface area contributed by atoms with Crippen molar-refractivity contribution in [3.05, 3.63) is 89.0 Å². The lowest BCUT2D eigenvalue weighted by atomic mass is 9.87. The van der Waals surface area contributed by atoms with Gasteiger partial charge in [0, 0.05) is 16.8 Å². The Bertz CT molecular complexity index is 1030. The third-order valence-electron chi connectivity index (χ3n) is 4.94. The fourth-order valence-corrected chi connectivity index (χ4v) is 3.50.